The van der Waals surface area contributed by atoms with E-state index in [1.807, 2.05) is 18.3 Å². The molecule has 4 rings (SSSR count). The number of rotatable bonds is 5. The van der Waals surface area contributed by atoms with Gasteiger partial charge in [0.1, 0.15) is 11.5 Å². The Hall–Kier alpha value is -3.22. The first kappa shape index (κ1) is 18.2. The standard InChI is InChI=1S/C21H23N5O2/c27-26(28)21-17-6-5-11-22-18(17)8-9-19(21)23-14-16-7-10-20(24-15-16)25-12-3-1-2-4-13-25/h5-11,15,23H,1-4,12-14H2. The smallest absolute Gasteiger partial charge is 0.301 e. The molecule has 0 saturated carbocycles. The summed E-state index contributed by atoms with van der Waals surface area (Å²) in [6, 6.07) is 11.0. The van der Waals surface area contributed by atoms with E-state index in [2.05, 4.69) is 20.2 Å². The Balaban J connectivity index is 1.50. The number of hydrogen-bond acceptors (Lipinski definition) is 6. The molecule has 0 radical (unpaired) electrons. The van der Waals surface area contributed by atoms with Gasteiger partial charge in [0, 0.05) is 32.0 Å². The van der Waals surface area contributed by atoms with Gasteiger partial charge in [0.2, 0.25) is 0 Å². The minimum Gasteiger partial charge on any atom is -0.375 e. The summed E-state index contributed by atoms with van der Waals surface area (Å²) in [6.07, 6.45) is 8.49. The van der Waals surface area contributed by atoms with Crippen LogP contribution in [0.1, 0.15) is 31.2 Å². The summed E-state index contributed by atoms with van der Waals surface area (Å²) in [5.74, 6) is 1.01. The van der Waals surface area contributed by atoms with E-state index >= 15 is 0 Å². The Kier molecular flexibility index (Phi) is 5.32. The molecular weight excluding hydrogens is 354 g/mol. The zero-order chi connectivity index (χ0) is 19.3. The molecule has 1 aliphatic rings. The van der Waals surface area contributed by atoms with Crippen molar-refractivity contribution in [1.82, 2.24) is 9.97 Å². The van der Waals surface area contributed by atoms with Crippen molar-refractivity contribution in [2.45, 2.75) is 32.2 Å². The lowest BCUT2D eigenvalue weighted by atomic mass is 10.1. The second-order valence-corrected chi connectivity index (χ2v) is 7.07. The molecule has 7 heteroatoms. The van der Waals surface area contributed by atoms with Gasteiger partial charge in [0.15, 0.2) is 0 Å². The van der Waals surface area contributed by atoms with E-state index in [1.165, 1.54) is 25.7 Å². The molecule has 1 fully saturated rings. The number of hydrogen-bond donors (Lipinski definition) is 1. The first-order chi connectivity index (χ1) is 13.7. The Morgan fingerprint density at radius 2 is 1.86 bits per heavy atom. The van der Waals surface area contributed by atoms with E-state index in [-0.39, 0.29) is 10.6 Å². The van der Waals surface area contributed by atoms with Crippen LogP contribution in [0.2, 0.25) is 0 Å². The highest BCUT2D eigenvalue weighted by Crippen LogP contribution is 2.32. The van der Waals surface area contributed by atoms with Crippen molar-refractivity contribution < 1.29 is 4.92 Å². The number of nitrogens with zero attached hydrogens (tertiary/aromatic N) is 4. The zero-order valence-electron chi connectivity index (χ0n) is 15.7. The van der Waals surface area contributed by atoms with Gasteiger partial charge in [-0.3, -0.25) is 15.1 Å². The van der Waals surface area contributed by atoms with E-state index < -0.39 is 0 Å². The van der Waals surface area contributed by atoms with Gasteiger partial charge < -0.3 is 10.2 Å². The van der Waals surface area contributed by atoms with Crippen LogP contribution in [-0.4, -0.2) is 28.0 Å². The largest absolute Gasteiger partial charge is 0.375 e. The molecular formula is C21H23N5O2. The van der Waals surface area contributed by atoms with Crippen molar-refractivity contribution in [2.75, 3.05) is 23.3 Å². The minimum absolute atomic E-state index is 0.0553. The third kappa shape index (κ3) is 3.88. The number of aromatic nitrogens is 2. The molecule has 0 unspecified atom stereocenters. The van der Waals surface area contributed by atoms with E-state index in [4.69, 9.17) is 0 Å². The maximum Gasteiger partial charge on any atom is 0.301 e. The van der Waals surface area contributed by atoms with Crippen LogP contribution in [0.5, 0.6) is 0 Å². The van der Waals surface area contributed by atoms with E-state index in [9.17, 15) is 10.1 Å². The minimum atomic E-state index is -0.354. The molecule has 7 nitrogen and oxygen atoms in total. The highest BCUT2D eigenvalue weighted by Gasteiger charge is 2.18. The van der Waals surface area contributed by atoms with Crippen LogP contribution in [0.15, 0.2) is 48.8 Å². The Bertz CT molecular complexity index is 966. The summed E-state index contributed by atoms with van der Waals surface area (Å²) < 4.78 is 0. The number of anilines is 2. The molecule has 0 bridgehead atoms. The molecule has 1 aliphatic heterocycles. The second kappa shape index (κ2) is 8.21. The van der Waals surface area contributed by atoms with Crippen LogP contribution in [0.25, 0.3) is 10.9 Å². The summed E-state index contributed by atoms with van der Waals surface area (Å²) >= 11 is 0. The fourth-order valence-electron chi connectivity index (χ4n) is 3.68. The Morgan fingerprint density at radius 3 is 2.57 bits per heavy atom. The van der Waals surface area contributed by atoms with Gasteiger partial charge in [0.05, 0.1) is 15.8 Å². The fraction of sp³-hybridized carbons (Fsp3) is 0.333. The van der Waals surface area contributed by atoms with Gasteiger partial charge in [0.25, 0.3) is 0 Å². The number of nitro groups is 1. The number of nitrogens with one attached hydrogen (secondary N) is 1. The van der Waals surface area contributed by atoms with Crippen LogP contribution in [0.4, 0.5) is 17.2 Å². The average Bonchev–Trinajstić information content (AvgIpc) is 3.01. The van der Waals surface area contributed by atoms with Crippen LogP contribution in [0, 0.1) is 10.1 Å². The monoisotopic (exact) mass is 377 g/mol. The topological polar surface area (TPSA) is 84.2 Å². The normalized spacial score (nSPS) is 14.6. The molecule has 1 aromatic carbocycles. The highest BCUT2D eigenvalue weighted by atomic mass is 16.6. The summed E-state index contributed by atoms with van der Waals surface area (Å²) in [5, 5.41) is 15.3. The quantitative estimate of drug-likeness (QED) is 0.519. The molecule has 144 valence electrons. The van der Waals surface area contributed by atoms with Gasteiger partial charge >= 0.3 is 5.69 Å². The number of nitro benzene ring substituents is 1. The molecule has 2 aromatic heterocycles. The van der Waals surface area contributed by atoms with Crippen LogP contribution in [0.3, 0.4) is 0 Å². The van der Waals surface area contributed by atoms with Gasteiger partial charge in [-0.1, -0.05) is 18.9 Å². The van der Waals surface area contributed by atoms with Gasteiger partial charge in [-0.2, -0.15) is 0 Å². The summed E-state index contributed by atoms with van der Waals surface area (Å²) in [6.45, 7) is 2.59. The summed E-state index contributed by atoms with van der Waals surface area (Å²) in [7, 11) is 0. The highest BCUT2D eigenvalue weighted by molar-refractivity contribution is 5.94. The summed E-state index contributed by atoms with van der Waals surface area (Å²) in [4.78, 5) is 22.4. The number of benzene rings is 1. The van der Waals surface area contributed by atoms with Gasteiger partial charge in [-0.05, 0) is 48.7 Å². The molecule has 0 spiro atoms. The maximum absolute atomic E-state index is 11.6. The third-order valence-electron chi connectivity index (χ3n) is 5.16. The molecule has 3 heterocycles. The van der Waals surface area contributed by atoms with Crippen molar-refractivity contribution in [3.63, 3.8) is 0 Å². The molecule has 0 atom stereocenters. The van der Waals surface area contributed by atoms with Crippen molar-refractivity contribution in [1.29, 1.82) is 0 Å². The lowest BCUT2D eigenvalue weighted by molar-refractivity contribution is -0.382. The Labute approximate surface area is 163 Å². The van der Waals surface area contributed by atoms with Crippen molar-refractivity contribution in [3.8, 4) is 0 Å². The molecule has 1 N–H and O–H groups in total. The predicted molar refractivity (Wildman–Crippen MR) is 111 cm³/mol. The van der Waals surface area contributed by atoms with E-state index in [0.717, 1.165) is 24.5 Å². The number of pyridine rings is 2. The SMILES string of the molecule is O=[N+]([O-])c1c(NCc2ccc(N3CCCCCC3)nc2)ccc2ncccc12. The maximum atomic E-state index is 11.6. The summed E-state index contributed by atoms with van der Waals surface area (Å²) in [5.41, 5.74) is 2.14. The zero-order valence-corrected chi connectivity index (χ0v) is 15.7. The molecule has 0 amide bonds. The molecule has 0 aliphatic carbocycles. The molecule has 3 aromatic rings. The lowest BCUT2D eigenvalue weighted by Crippen LogP contribution is -2.24. The van der Waals surface area contributed by atoms with Crippen LogP contribution < -0.4 is 10.2 Å². The predicted octanol–water partition coefficient (Wildman–Crippen LogP) is 4.53. The Morgan fingerprint density at radius 1 is 1.04 bits per heavy atom. The van der Waals surface area contributed by atoms with Crippen molar-refractivity contribution in [2.24, 2.45) is 0 Å². The van der Waals surface area contributed by atoms with Gasteiger partial charge in [-0.25, -0.2) is 4.98 Å². The first-order valence-electron chi connectivity index (χ1n) is 9.68. The van der Waals surface area contributed by atoms with E-state index in [0.29, 0.717) is 23.1 Å². The lowest BCUT2D eigenvalue weighted by Gasteiger charge is -2.21. The average molecular weight is 377 g/mol. The van der Waals surface area contributed by atoms with Crippen LogP contribution in [-0.2, 0) is 6.54 Å². The third-order valence-corrected chi connectivity index (χ3v) is 5.16. The second-order valence-electron chi connectivity index (χ2n) is 7.07. The molecule has 28 heavy (non-hydrogen) atoms. The molecule has 1 saturated heterocycles. The van der Waals surface area contributed by atoms with E-state index in [1.54, 1.807) is 30.5 Å². The number of fused-ring (bicyclic) bond motifs is 1. The van der Waals surface area contributed by atoms with Gasteiger partial charge in [-0.15, -0.1) is 0 Å². The van der Waals surface area contributed by atoms with Crippen LogP contribution >= 0.6 is 0 Å². The first-order valence-corrected chi connectivity index (χ1v) is 9.68. The van der Waals surface area contributed by atoms with Crippen molar-refractivity contribution >= 4 is 28.1 Å². The fourth-order valence-corrected chi connectivity index (χ4v) is 3.68. The van der Waals surface area contributed by atoms with Crippen molar-refractivity contribution in [3.05, 3.63) is 64.5 Å².